The lowest BCUT2D eigenvalue weighted by Gasteiger charge is -2.24. The van der Waals surface area contributed by atoms with Crippen molar-refractivity contribution in [2.24, 2.45) is 0 Å². The van der Waals surface area contributed by atoms with E-state index in [-0.39, 0.29) is 38.0 Å². The number of aromatic amines is 1. The van der Waals surface area contributed by atoms with Crippen molar-refractivity contribution < 1.29 is 19.4 Å². The highest BCUT2D eigenvalue weighted by atomic mass is 32.1. The molecule has 0 saturated heterocycles. The van der Waals surface area contributed by atoms with Crippen molar-refractivity contribution in [1.29, 1.82) is 0 Å². The minimum Gasteiger partial charge on any atom is -0.459 e. The van der Waals surface area contributed by atoms with Gasteiger partial charge < -0.3 is 19.6 Å². The average molecular weight is 484 g/mol. The molecule has 0 unspecified atom stereocenters. The van der Waals surface area contributed by atoms with E-state index in [0.29, 0.717) is 33.0 Å². The Bertz CT molecular complexity index is 1210. The molecule has 0 radical (unpaired) electrons. The Kier molecular flexibility index (Phi) is 8.96. The number of esters is 1. The van der Waals surface area contributed by atoms with Crippen LogP contribution in [0, 0.1) is 19.3 Å². The fourth-order valence-corrected chi connectivity index (χ4v) is 4.65. The molecule has 34 heavy (non-hydrogen) atoms. The second kappa shape index (κ2) is 11.9. The lowest BCUT2D eigenvalue weighted by molar-refractivity contribution is 0.0238. The summed E-state index contributed by atoms with van der Waals surface area (Å²) in [5.41, 5.74) is 1.30. The summed E-state index contributed by atoms with van der Waals surface area (Å²) < 4.78 is 10.6. The van der Waals surface area contributed by atoms with Gasteiger partial charge in [0, 0.05) is 13.1 Å². The van der Waals surface area contributed by atoms with E-state index >= 15 is 0 Å². The third-order valence-electron chi connectivity index (χ3n) is 4.96. The van der Waals surface area contributed by atoms with E-state index in [1.165, 1.54) is 0 Å². The zero-order chi connectivity index (χ0) is 24.7. The first-order chi connectivity index (χ1) is 16.3. The normalized spacial score (nSPS) is 12.3. The summed E-state index contributed by atoms with van der Waals surface area (Å²) in [4.78, 5) is 35.6. The minimum absolute atomic E-state index is 0.101. The maximum absolute atomic E-state index is 12.9. The predicted octanol–water partition coefficient (Wildman–Crippen LogP) is 2.87. The summed E-state index contributed by atoms with van der Waals surface area (Å²) in [6.45, 7) is 6.61. The fraction of sp³-hybridized carbons (Fsp3) is 0.400. The van der Waals surface area contributed by atoms with Gasteiger partial charge in [0.1, 0.15) is 22.1 Å². The van der Waals surface area contributed by atoms with Crippen LogP contribution in [0.15, 0.2) is 35.1 Å². The lowest BCUT2D eigenvalue weighted by Crippen LogP contribution is -2.35. The predicted molar refractivity (Wildman–Crippen MR) is 132 cm³/mol. The number of carbonyl (C=O) groups excluding carboxylic acids is 1. The van der Waals surface area contributed by atoms with Gasteiger partial charge in [0.05, 0.1) is 30.7 Å². The van der Waals surface area contributed by atoms with E-state index in [1.54, 1.807) is 20.8 Å². The number of aliphatic hydroxyl groups excluding tert-OH is 1. The van der Waals surface area contributed by atoms with Crippen molar-refractivity contribution in [2.75, 3.05) is 19.8 Å². The van der Waals surface area contributed by atoms with Crippen molar-refractivity contribution in [2.45, 2.75) is 46.1 Å². The molecule has 3 rings (SSSR count). The quantitative estimate of drug-likeness (QED) is 0.245. The monoisotopic (exact) mass is 483 g/mol. The summed E-state index contributed by atoms with van der Waals surface area (Å²) in [6.07, 6.45) is 4.17. The van der Waals surface area contributed by atoms with Gasteiger partial charge >= 0.3 is 5.97 Å². The number of rotatable bonds is 11. The van der Waals surface area contributed by atoms with Gasteiger partial charge in [-0.2, -0.15) is 0 Å². The molecule has 0 aliphatic heterocycles. The second-order valence-electron chi connectivity index (χ2n) is 8.23. The van der Waals surface area contributed by atoms with Crippen molar-refractivity contribution >= 4 is 27.5 Å². The molecule has 1 aromatic carbocycles. The number of aryl methyl sites for hydroxylation is 1. The first kappa shape index (κ1) is 25.6. The molecule has 0 fully saturated rings. The summed E-state index contributed by atoms with van der Waals surface area (Å²) in [5, 5.41) is 10.8. The van der Waals surface area contributed by atoms with E-state index < -0.39 is 12.1 Å². The van der Waals surface area contributed by atoms with Crippen molar-refractivity contribution in [3.63, 3.8) is 0 Å². The van der Waals surface area contributed by atoms with Crippen LogP contribution in [-0.2, 0) is 22.6 Å². The Labute approximate surface area is 202 Å². The summed E-state index contributed by atoms with van der Waals surface area (Å²) in [6, 6.07) is 9.80. The van der Waals surface area contributed by atoms with E-state index in [2.05, 4.69) is 15.9 Å². The number of ether oxygens (including phenoxy) is 2. The van der Waals surface area contributed by atoms with Gasteiger partial charge in [0.25, 0.3) is 5.56 Å². The molecule has 1 atom stereocenters. The standard InChI is InChI=1S/C25H29N3O5S/c1-5-11-32-15-19(29)13-28(12-18-9-7-6-8-10-18)14-20-26-23(30)21-17(4)22(34-24(21)27-20)25(31)33-16(2)3/h1,6-10,16,19,29H,11-15H2,2-4H3,(H,26,27,30)/t19-/m1/s1. The minimum atomic E-state index is -0.770. The zero-order valence-electron chi connectivity index (χ0n) is 19.5. The Balaban J connectivity index is 1.86. The van der Waals surface area contributed by atoms with E-state index in [9.17, 15) is 14.7 Å². The van der Waals surface area contributed by atoms with Crippen LogP contribution in [-0.4, -0.2) is 57.9 Å². The highest BCUT2D eigenvalue weighted by molar-refractivity contribution is 7.20. The van der Waals surface area contributed by atoms with Gasteiger partial charge in [-0.15, -0.1) is 17.8 Å². The Morgan fingerprint density at radius 1 is 1.29 bits per heavy atom. The molecule has 0 spiro atoms. The molecule has 3 aromatic rings. The van der Waals surface area contributed by atoms with E-state index in [0.717, 1.165) is 16.9 Å². The van der Waals surface area contributed by atoms with Crippen molar-refractivity contribution in [3.05, 3.63) is 62.5 Å². The molecule has 9 heteroatoms. The van der Waals surface area contributed by atoms with Crippen molar-refractivity contribution in [3.8, 4) is 12.3 Å². The molecule has 2 N–H and O–H groups in total. The Hall–Kier alpha value is -3.03. The summed E-state index contributed by atoms with van der Waals surface area (Å²) >= 11 is 1.15. The number of aromatic nitrogens is 2. The van der Waals surface area contributed by atoms with Crippen LogP contribution < -0.4 is 5.56 Å². The number of fused-ring (bicyclic) bond motifs is 1. The molecule has 0 saturated carbocycles. The molecule has 0 amide bonds. The Morgan fingerprint density at radius 2 is 2.03 bits per heavy atom. The maximum atomic E-state index is 12.9. The molecule has 0 aliphatic rings. The molecular weight excluding hydrogens is 454 g/mol. The van der Waals surface area contributed by atoms with Gasteiger partial charge in [-0.05, 0) is 31.9 Å². The number of carbonyl (C=O) groups is 1. The van der Waals surface area contributed by atoms with Crippen LogP contribution in [0.5, 0.6) is 0 Å². The van der Waals surface area contributed by atoms with E-state index in [1.807, 2.05) is 35.2 Å². The molecule has 0 bridgehead atoms. The third-order valence-corrected chi connectivity index (χ3v) is 6.13. The van der Waals surface area contributed by atoms with Crippen molar-refractivity contribution in [1.82, 2.24) is 14.9 Å². The fourth-order valence-electron chi connectivity index (χ4n) is 3.57. The maximum Gasteiger partial charge on any atom is 0.348 e. The number of H-pyrrole nitrogens is 1. The smallest absolute Gasteiger partial charge is 0.348 e. The number of terminal acetylenes is 1. The molecule has 0 aliphatic carbocycles. The summed E-state index contributed by atoms with van der Waals surface area (Å²) in [5.74, 6) is 2.35. The van der Waals surface area contributed by atoms with Crippen LogP contribution >= 0.6 is 11.3 Å². The number of thiophene rings is 1. The van der Waals surface area contributed by atoms with Gasteiger partial charge in [0.15, 0.2) is 0 Å². The number of nitrogens with one attached hydrogen (secondary N) is 1. The highest BCUT2D eigenvalue weighted by Crippen LogP contribution is 2.28. The number of hydrogen-bond acceptors (Lipinski definition) is 8. The average Bonchev–Trinajstić information content (AvgIpc) is 3.11. The zero-order valence-corrected chi connectivity index (χ0v) is 20.4. The first-order valence-electron chi connectivity index (χ1n) is 11.0. The van der Waals surface area contributed by atoms with Crippen LogP contribution in [0.2, 0.25) is 0 Å². The molecule has 8 nitrogen and oxygen atoms in total. The highest BCUT2D eigenvalue weighted by Gasteiger charge is 2.22. The molecule has 2 heterocycles. The van der Waals surface area contributed by atoms with Crippen LogP contribution in [0.4, 0.5) is 0 Å². The number of hydrogen-bond donors (Lipinski definition) is 2. The molecule has 2 aromatic heterocycles. The first-order valence-corrected chi connectivity index (χ1v) is 11.8. The van der Waals surface area contributed by atoms with Gasteiger partial charge in [-0.25, -0.2) is 9.78 Å². The van der Waals surface area contributed by atoms with E-state index in [4.69, 9.17) is 15.9 Å². The summed E-state index contributed by atoms with van der Waals surface area (Å²) in [7, 11) is 0. The lowest BCUT2D eigenvalue weighted by atomic mass is 10.2. The largest absolute Gasteiger partial charge is 0.459 e. The topological polar surface area (TPSA) is 105 Å². The molecular formula is C25H29N3O5S. The second-order valence-corrected chi connectivity index (χ2v) is 9.23. The SMILES string of the molecule is C#CCOC[C@H](O)CN(Cc1ccccc1)Cc1nc2sc(C(=O)OC(C)C)c(C)c2c(=O)[nH]1. The van der Waals surface area contributed by atoms with Gasteiger partial charge in [-0.3, -0.25) is 9.69 Å². The number of aliphatic hydroxyl groups is 1. The van der Waals surface area contributed by atoms with Gasteiger partial charge in [-0.1, -0.05) is 36.3 Å². The van der Waals surface area contributed by atoms with Crippen LogP contribution in [0.1, 0.15) is 40.5 Å². The van der Waals surface area contributed by atoms with Gasteiger partial charge in [0.2, 0.25) is 0 Å². The molecule has 180 valence electrons. The van der Waals surface area contributed by atoms with Crippen LogP contribution in [0.25, 0.3) is 10.2 Å². The number of benzene rings is 1. The number of nitrogens with zero attached hydrogens (tertiary/aromatic N) is 2. The third kappa shape index (κ3) is 6.74. The van der Waals surface area contributed by atoms with Crippen LogP contribution in [0.3, 0.4) is 0 Å². The Morgan fingerprint density at radius 3 is 2.71 bits per heavy atom.